The zero-order valence-electron chi connectivity index (χ0n) is 13.9. The maximum absolute atomic E-state index is 12.1. The summed E-state index contributed by atoms with van der Waals surface area (Å²) >= 11 is 0. The van der Waals surface area contributed by atoms with E-state index in [0.717, 1.165) is 5.56 Å². The highest BCUT2D eigenvalue weighted by Gasteiger charge is 2.16. The first-order valence-electron chi connectivity index (χ1n) is 7.79. The van der Waals surface area contributed by atoms with E-state index in [-0.39, 0.29) is 18.9 Å². The van der Waals surface area contributed by atoms with Gasteiger partial charge in [-0.15, -0.1) is 0 Å². The maximum Gasteiger partial charge on any atom is 0.315 e. The number of esters is 1. The average Bonchev–Trinajstić information content (AvgIpc) is 2.60. The summed E-state index contributed by atoms with van der Waals surface area (Å²) in [6.07, 6.45) is -0.278. The smallest absolute Gasteiger partial charge is 0.315 e. The van der Waals surface area contributed by atoms with Gasteiger partial charge in [-0.05, 0) is 24.6 Å². The van der Waals surface area contributed by atoms with Crippen molar-refractivity contribution in [1.82, 2.24) is 0 Å². The largest absolute Gasteiger partial charge is 0.489 e. The third-order valence-corrected chi connectivity index (χ3v) is 3.43. The predicted octanol–water partition coefficient (Wildman–Crippen LogP) is 3.18. The molecule has 1 amide bonds. The Morgan fingerprint density at radius 2 is 1.79 bits per heavy atom. The van der Waals surface area contributed by atoms with Gasteiger partial charge in [-0.1, -0.05) is 36.4 Å². The van der Waals surface area contributed by atoms with Crippen molar-refractivity contribution in [3.8, 4) is 5.75 Å². The first-order valence-corrected chi connectivity index (χ1v) is 7.79. The fraction of sp³-hybridized carbons (Fsp3) is 0.263. The Morgan fingerprint density at radius 1 is 1.04 bits per heavy atom. The molecule has 2 aromatic carbocycles. The third-order valence-electron chi connectivity index (χ3n) is 3.43. The van der Waals surface area contributed by atoms with Crippen LogP contribution in [0.25, 0.3) is 0 Å². The Balaban J connectivity index is 1.98. The number of nitrogens with zero attached hydrogens (tertiary/aromatic N) is 1. The summed E-state index contributed by atoms with van der Waals surface area (Å²) in [5.41, 5.74) is 1.73. The van der Waals surface area contributed by atoms with Crippen LogP contribution in [0.5, 0.6) is 5.75 Å². The number of hydrogen-bond donors (Lipinski definition) is 0. The summed E-state index contributed by atoms with van der Waals surface area (Å²) in [7, 11) is 1.62. The summed E-state index contributed by atoms with van der Waals surface area (Å²) in [6, 6.07) is 17.0. The second-order valence-corrected chi connectivity index (χ2v) is 5.21. The minimum Gasteiger partial charge on any atom is -0.489 e. The predicted molar refractivity (Wildman–Crippen MR) is 91.9 cm³/mol. The van der Waals surface area contributed by atoms with E-state index >= 15 is 0 Å². The highest BCUT2D eigenvalue weighted by molar-refractivity contribution is 6.03. The number of amides is 1. The monoisotopic (exact) mass is 327 g/mol. The molecule has 126 valence electrons. The molecule has 2 aromatic rings. The van der Waals surface area contributed by atoms with Crippen molar-refractivity contribution in [1.29, 1.82) is 0 Å². The molecule has 5 nitrogen and oxygen atoms in total. The van der Waals surface area contributed by atoms with Gasteiger partial charge >= 0.3 is 5.97 Å². The molecule has 0 bridgehead atoms. The Hall–Kier alpha value is -2.82. The standard InChI is InChI=1S/C19H21NO4/c1-3-23-19(22)13-18(21)20(2)16-10-7-11-17(12-16)24-14-15-8-5-4-6-9-15/h4-12H,3,13-14H2,1-2H3. The van der Waals surface area contributed by atoms with Gasteiger partial charge in [0, 0.05) is 18.8 Å². The SMILES string of the molecule is CCOC(=O)CC(=O)N(C)c1cccc(OCc2ccccc2)c1. The number of anilines is 1. The minimum absolute atomic E-state index is 0.263. The van der Waals surface area contributed by atoms with Gasteiger partial charge in [0.2, 0.25) is 5.91 Å². The van der Waals surface area contributed by atoms with E-state index in [4.69, 9.17) is 9.47 Å². The first kappa shape index (κ1) is 17.5. The molecule has 0 radical (unpaired) electrons. The van der Waals surface area contributed by atoms with E-state index in [9.17, 15) is 9.59 Å². The number of ether oxygens (including phenoxy) is 2. The maximum atomic E-state index is 12.1. The highest BCUT2D eigenvalue weighted by Crippen LogP contribution is 2.21. The van der Waals surface area contributed by atoms with Gasteiger partial charge in [-0.3, -0.25) is 9.59 Å². The highest BCUT2D eigenvalue weighted by atomic mass is 16.5. The van der Waals surface area contributed by atoms with Gasteiger partial charge in [0.25, 0.3) is 0 Å². The van der Waals surface area contributed by atoms with E-state index in [1.807, 2.05) is 42.5 Å². The first-order chi connectivity index (χ1) is 11.6. The lowest BCUT2D eigenvalue weighted by molar-refractivity contribution is -0.145. The molecule has 5 heteroatoms. The van der Waals surface area contributed by atoms with Crippen molar-refractivity contribution < 1.29 is 19.1 Å². The number of hydrogen-bond acceptors (Lipinski definition) is 4. The van der Waals surface area contributed by atoms with Crippen LogP contribution in [-0.2, 0) is 20.9 Å². The second kappa shape index (κ2) is 8.72. The minimum atomic E-state index is -0.522. The van der Waals surface area contributed by atoms with Gasteiger partial charge in [0.15, 0.2) is 0 Å². The Bertz CT molecular complexity index is 685. The Morgan fingerprint density at radius 3 is 2.50 bits per heavy atom. The van der Waals surface area contributed by atoms with Gasteiger partial charge in [-0.2, -0.15) is 0 Å². The summed E-state index contributed by atoms with van der Waals surface area (Å²) in [6.45, 7) is 2.42. The topological polar surface area (TPSA) is 55.8 Å². The van der Waals surface area contributed by atoms with Gasteiger partial charge in [-0.25, -0.2) is 0 Å². The number of carbonyl (C=O) groups excluding carboxylic acids is 2. The molecule has 0 saturated carbocycles. The molecular formula is C19H21NO4. The molecule has 0 aliphatic rings. The summed E-state index contributed by atoms with van der Waals surface area (Å²) in [5.74, 6) is -0.188. The zero-order valence-corrected chi connectivity index (χ0v) is 13.9. The molecule has 0 fully saturated rings. The third kappa shape index (κ3) is 5.12. The van der Waals surface area contributed by atoms with Crippen molar-refractivity contribution in [2.45, 2.75) is 20.0 Å². The van der Waals surface area contributed by atoms with Crippen molar-refractivity contribution in [3.63, 3.8) is 0 Å². The molecule has 0 aromatic heterocycles. The quantitative estimate of drug-likeness (QED) is 0.579. The summed E-state index contributed by atoms with van der Waals surface area (Å²) in [5, 5.41) is 0. The van der Waals surface area contributed by atoms with Crippen LogP contribution in [0.3, 0.4) is 0 Å². The van der Waals surface area contributed by atoms with E-state index in [1.54, 1.807) is 26.1 Å². The Labute approximate surface area is 141 Å². The lowest BCUT2D eigenvalue weighted by Gasteiger charge is -2.18. The summed E-state index contributed by atoms with van der Waals surface area (Å²) < 4.78 is 10.6. The zero-order chi connectivity index (χ0) is 17.4. The lowest BCUT2D eigenvalue weighted by atomic mass is 10.2. The van der Waals surface area contributed by atoms with Gasteiger partial charge in [0.1, 0.15) is 18.8 Å². The molecule has 0 aliphatic carbocycles. The molecule has 0 aliphatic heterocycles. The second-order valence-electron chi connectivity index (χ2n) is 5.21. The van der Waals surface area contributed by atoms with Crippen LogP contribution in [0.4, 0.5) is 5.69 Å². The van der Waals surface area contributed by atoms with Crippen molar-refractivity contribution in [2.24, 2.45) is 0 Å². The molecule has 24 heavy (non-hydrogen) atoms. The molecule has 0 heterocycles. The van der Waals surface area contributed by atoms with Crippen LogP contribution in [0.15, 0.2) is 54.6 Å². The van der Waals surface area contributed by atoms with E-state index in [2.05, 4.69) is 0 Å². The average molecular weight is 327 g/mol. The van der Waals surface area contributed by atoms with E-state index in [0.29, 0.717) is 18.0 Å². The van der Waals surface area contributed by atoms with Crippen molar-refractivity contribution in [3.05, 3.63) is 60.2 Å². The number of carbonyl (C=O) groups is 2. The van der Waals surface area contributed by atoms with Crippen LogP contribution in [-0.4, -0.2) is 25.5 Å². The van der Waals surface area contributed by atoms with Crippen LogP contribution in [0.1, 0.15) is 18.9 Å². The van der Waals surface area contributed by atoms with Crippen LogP contribution >= 0.6 is 0 Å². The molecule has 0 unspecified atom stereocenters. The molecule has 0 spiro atoms. The van der Waals surface area contributed by atoms with Gasteiger partial charge < -0.3 is 14.4 Å². The normalized spacial score (nSPS) is 10.1. The molecule has 0 saturated heterocycles. The summed E-state index contributed by atoms with van der Waals surface area (Å²) in [4.78, 5) is 24.9. The lowest BCUT2D eigenvalue weighted by Crippen LogP contribution is -2.28. The van der Waals surface area contributed by atoms with Crippen LogP contribution < -0.4 is 9.64 Å². The van der Waals surface area contributed by atoms with Crippen molar-refractivity contribution >= 4 is 17.6 Å². The van der Waals surface area contributed by atoms with Crippen molar-refractivity contribution in [2.75, 3.05) is 18.6 Å². The fourth-order valence-corrected chi connectivity index (χ4v) is 2.12. The van der Waals surface area contributed by atoms with Crippen LogP contribution in [0, 0.1) is 0 Å². The molecule has 0 atom stereocenters. The number of benzene rings is 2. The molecule has 0 N–H and O–H groups in total. The van der Waals surface area contributed by atoms with E-state index in [1.165, 1.54) is 4.90 Å². The fourth-order valence-electron chi connectivity index (χ4n) is 2.12. The number of rotatable bonds is 7. The molecular weight excluding hydrogens is 306 g/mol. The molecule has 2 rings (SSSR count). The van der Waals surface area contributed by atoms with Crippen LogP contribution in [0.2, 0.25) is 0 Å². The van der Waals surface area contributed by atoms with Gasteiger partial charge in [0.05, 0.1) is 6.61 Å². The van der Waals surface area contributed by atoms with E-state index < -0.39 is 5.97 Å². The Kier molecular flexibility index (Phi) is 6.37.